The van der Waals surface area contributed by atoms with Crippen molar-refractivity contribution in [2.45, 2.75) is 25.3 Å². The van der Waals surface area contributed by atoms with E-state index in [9.17, 15) is 13.0 Å². The van der Waals surface area contributed by atoms with Crippen LogP contribution in [0.25, 0.3) is 0 Å². The molecule has 0 spiro atoms. The second-order valence-corrected chi connectivity index (χ2v) is 6.33. The van der Waals surface area contributed by atoms with Crippen LogP contribution in [0.4, 0.5) is 5.69 Å². The molecular formula is C16H19NO3S. The lowest BCUT2D eigenvalue weighted by molar-refractivity contribution is 0.482. The zero-order chi connectivity index (χ0) is 15.5. The number of aryl methyl sites for hydroxylation is 1. The number of anilines is 1. The Balaban J connectivity index is 2.36. The van der Waals surface area contributed by atoms with Gasteiger partial charge >= 0.3 is 0 Å². The summed E-state index contributed by atoms with van der Waals surface area (Å²) in [6.07, 6.45) is 0. The Kier molecular flexibility index (Phi) is 4.65. The van der Waals surface area contributed by atoms with Gasteiger partial charge in [-0.3, -0.25) is 4.55 Å². The fraction of sp³-hybridized carbons (Fsp3) is 0.250. The average Bonchev–Trinajstić information content (AvgIpc) is 2.44. The lowest BCUT2D eigenvalue weighted by Crippen LogP contribution is -2.23. The molecule has 2 rings (SSSR count). The van der Waals surface area contributed by atoms with Crippen molar-refractivity contribution in [3.05, 3.63) is 59.7 Å². The smallest absolute Gasteiger partial charge is 0.294 e. The second kappa shape index (κ2) is 6.28. The van der Waals surface area contributed by atoms with Crippen LogP contribution in [0.2, 0.25) is 0 Å². The van der Waals surface area contributed by atoms with Crippen molar-refractivity contribution in [3.8, 4) is 0 Å². The number of benzene rings is 2. The molecule has 5 heteroatoms. The molecule has 0 aliphatic rings. The van der Waals surface area contributed by atoms with E-state index in [0.717, 1.165) is 17.8 Å². The van der Waals surface area contributed by atoms with Crippen LogP contribution in [0, 0.1) is 6.92 Å². The summed E-state index contributed by atoms with van der Waals surface area (Å²) in [7, 11) is -4.20. The first-order valence-corrected chi connectivity index (χ1v) is 8.23. The molecule has 0 saturated heterocycles. The maximum atomic E-state index is 11.5. The predicted octanol–water partition coefficient (Wildman–Crippen LogP) is 3.27. The zero-order valence-electron chi connectivity index (χ0n) is 12.2. The van der Waals surface area contributed by atoms with Crippen LogP contribution in [0.1, 0.15) is 18.1 Å². The predicted molar refractivity (Wildman–Crippen MR) is 84.2 cm³/mol. The van der Waals surface area contributed by atoms with Crippen molar-refractivity contribution in [2.75, 3.05) is 11.4 Å². The van der Waals surface area contributed by atoms with Crippen LogP contribution in [-0.4, -0.2) is 19.5 Å². The highest BCUT2D eigenvalue weighted by Crippen LogP contribution is 2.22. The average molecular weight is 305 g/mol. The lowest BCUT2D eigenvalue weighted by Gasteiger charge is -2.24. The Morgan fingerprint density at radius 3 is 2.43 bits per heavy atom. The first-order valence-electron chi connectivity index (χ1n) is 6.79. The van der Waals surface area contributed by atoms with Crippen molar-refractivity contribution in [1.82, 2.24) is 0 Å². The molecule has 0 fully saturated rings. The Hall–Kier alpha value is -1.85. The molecule has 2 aromatic rings. The van der Waals surface area contributed by atoms with E-state index in [0.29, 0.717) is 12.1 Å². The molecule has 0 bridgehead atoms. The van der Waals surface area contributed by atoms with Gasteiger partial charge in [0.15, 0.2) is 0 Å². The molecule has 112 valence electrons. The van der Waals surface area contributed by atoms with Crippen LogP contribution in [-0.2, 0) is 16.7 Å². The SMILES string of the molecule is CCN(Cc1ccccc1S(=O)(=O)O)c1cccc(C)c1. The fourth-order valence-electron chi connectivity index (χ4n) is 2.30. The van der Waals surface area contributed by atoms with E-state index < -0.39 is 10.1 Å². The minimum Gasteiger partial charge on any atom is -0.367 e. The van der Waals surface area contributed by atoms with Gasteiger partial charge in [0, 0.05) is 18.8 Å². The maximum absolute atomic E-state index is 11.5. The summed E-state index contributed by atoms with van der Waals surface area (Å²) in [5.74, 6) is 0. The minimum atomic E-state index is -4.20. The van der Waals surface area contributed by atoms with E-state index in [-0.39, 0.29) is 4.90 Å². The molecule has 21 heavy (non-hydrogen) atoms. The monoisotopic (exact) mass is 305 g/mol. The van der Waals surface area contributed by atoms with E-state index in [1.807, 2.05) is 32.0 Å². The topological polar surface area (TPSA) is 57.6 Å². The molecule has 0 saturated carbocycles. The van der Waals surface area contributed by atoms with E-state index in [4.69, 9.17) is 0 Å². The first kappa shape index (κ1) is 15.5. The fourth-order valence-corrected chi connectivity index (χ4v) is 3.02. The summed E-state index contributed by atoms with van der Waals surface area (Å²) in [5.41, 5.74) is 2.76. The van der Waals surface area contributed by atoms with Gasteiger partial charge in [-0.2, -0.15) is 8.42 Å². The van der Waals surface area contributed by atoms with Gasteiger partial charge in [-0.15, -0.1) is 0 Å². The van der Waals surface area contributed by atoms with Crippen molar-refractivity contribution >= 4 is 15.8 Å². The molecule has 0 amide bonds. The normalized spacial score (nSPS) is 11.4. The van der Waals surface area contributed by atoms with Gasteiger partial charge in [0.25, 0.3) is 10.1 Å². The zero-order valence-corrected chi connectivity index (χ0v) is 13.0. The molecule has 0 heterocycles. The van der Waals surface area contributed by atoms with Gasteiger partial charge in [0.05, 0.1) is 4.90 Å². The van der Waals surface area contributed by atoms with Gasteiger partial charge in [0.2, 0.25) is 0 Å². The first-order chi connectivity index (χ1) is 9.91. The quantitative estimate of drug-likeness (QED) is 0.861. The standard InChI is InChI=1S/C16H19NO3S/c1-3-17(15-9-6-7-13(2)11-15)12-14-8-4-5-10-16(14)21(18,19)20/h4-11H,3,12H2,1-2H3,(H,18,19,20). The second-order valence-electron chi connectivity index (χ2n) is 4.94. The third-order valence-electron chi connectivity index (χ3n) is 3.36. The Morgan fingerprint density at radius 1 is 1.10 bits per heavy atom. The highest BCUT2D eigenvalue weighted by molar-refractivity contribution is 7.85. The summed E-state index contributed by atoms with van der Waals surface area (Å²) in [6.45, 7) is 5.20. The van der Waals surface area contributed by atoms with Crippen molar-refractivity contribution in [2.24, 2.45) is 0 Å². The summed E-state index contributed by atoms with van der Waals surface area (Å²) in [5, 5.41) is 0. The molecule has 0 unspecified atom stereocenters. The number of rotatable bonds is 5. The maximum Gasteiger partial charge on any atom is 0.294 e. The van der Waals surface area contributed by atoms with Crippen LogP contribution in [0.15, 0.2) is 53.4 Å². The van der Waals surface area contributed by atoms with Crippen molar-refractivity contribution in [3.63, 3.8) is 0 Å². The summed E-state index contributed by atoms with van der Waals surface area (Å²) in [6, 6.07) is 14.6. The van der Waals surface area contributed by atoms with E-state index >= 15 is 0 Å². The van der Waals surface area contributed by atoms with Gasteiger partial charge in [-0.1, -0.05) is 30.3 Å². The van der Waals surface area contributed by atoms with Crippen LogP contribution in [0.3, 0.4) is 0 Å². The minimum absolute atomic E-state index is 0.0314. The molecule has 4 nitrogen and oxygen atoms in total. The molecule has 2 aromatic carbocycles. The molecule has 1 N–H and O–H groups in total. The molecule has 0 radical (unpaired) electrons. The third-order valence-corrected chi connectivity index (χ3v) is 4.31. The highest BCUT2D eigenvalue weighted by atomic mass is 32.2. The van der Waals surface area contributed by atoms with E-state index in [1.54, 1.807) is 18.2 Å². The van der Waals surface area contributed by atoms with Gasteiger partial charge in [-0.25, -0.2) is 0 Å². The van der Waals surface area contributed by atoms with Gasteiger partial charge < -0.3 is 4.90 Å². The van der Waals surface area contributed by atoms with Crippen LogP contribution in [0.5, 0.6) is 0 Å². The number of hydrogen-bond acceptors (Lipinski definition) is 3. The molecule has 0 aliphatic heterocycles. The summed E-state index contributed by atoms with van der Waals surface area (Å²) in [4.78, 5) is 2.04. The van der Waals surface area contributed by atoms with Crippen molar-refractivity contribution < 1.29 is 13.0 Å². The summed E-state index contributed by atoms with van der Waals surface area (Å²) < 4.78 is 32.2. The number of hydrogen-bond donors (Lipinski definition) is 1. The van der Waals surface area contributed by atoms with Crippen LogP contribution >= 0.6 is 0 Å². The Labute approximate surface area is 125 Å². The molecule has 0 aliphatic carbocycles. The van der Waals surface area contributed by atoms with Crippen LogP contribution < -0.4 is 4.90 Å². The Bertz CT molecular complexity index is 726. The highest BCUT2D eigenvalue weighted by Gasteiger charge is 2.16. The molecular weight excluding hydrogens is 286 g/mol. The van der Waals surface area contributed by atoms with Gasteiger partial charge in [-0.05, 0) is 43.2 Å². The largest absolute Gasteiger partial charge is 0.367 e. The number of nitrogens with zero attached hydrogens (tertiary/aromatic N) is 1. The summed E-state index contributed by atoms with van der Waals surface area (Å²) >= 11 is 0. The van der Waals surface area contributed by atoms with E-state index in [1.165, 1.54) is 6.07 Å². The molecule has 0 aromatic heterocycles. The van der Waals surface area contributed by atoms with Gasteiger partial charge in [0.1, 0.15) is 0 Å². The third kappa shape index (κ3) is 3.83. The van der Waals surface area contributed by atoms with Crippen molar-refractivity contribution in [1.29, 1.82) is 0 Å². The lowest BCUT2D eigenvalue weighted by atomic mass is 10.1. The Morgan fingerprint density at radius 2 is 1.81 bits per heavy atom. The molecule has 0 atom stereocenters. The van der Waals surface area contributed by atoms with E-state index in [2.05, 4.69) is 11.0 Å².